The molecule has 26 heteroatoms. The average molecular weight is 2070 g/mol. The number of fused-ring (bicyclic) bond motifs is 10. The van der Waals surface area contributed by atoms with Crippen LogP contribution >= 0.6 is 82.6 Å². The fourth-order valence-electron chi connectivity index (χ4n) is 17.2. The van der Waals surface area contributed by atoms with Gasteiger partial charge in [-0.15, -0.1) is 0 Å². The van der Waals surface area contributed by atoms with Gasteiger partial charge in [0, 0.05) is 128 Å². The van der Waals surface area contributed by atoms with Crippen molar-refractivity contribution in [2.24, 2.45) is 0 Å². The lowest BCUT2D eigenvalue weighted by Crippen LogP contribution is -2.30. The smallest absolute Gasteiger partial charge is 0.423 e. The Morgan fingerprint density at radius 3 is 1.05 bits per heavy atom. The van der Waals surface area contributed by atoms with E-state index in [1.807, 2.05) is 212 Å². The average Bonchev–Trinajstić information content (AvgIpc) is 1.57. The number of hydrogen-bond donors (Lipinski definition) is 10. The highest BCUT2D eigenvalue weighted by molar-refractivity contribution is 9.11. The molecule has 24 rings (SSSR count). The van der Waals surface area contributed by atoms with Crippen molar-refractivity contribution in [3.05, 3.63) is 427 Å². The Kier molecular flexibility index (Phi) is 31.4. The van der Waals surface area contributed by atoms with Gasteiger partial charge in [-0.25, -0.2) is 0 Å². The molecule has 0 saturated carbocycles. The maximum atomic E-state index is 11.6. The molecule has 2 fully saturated rings. The first-order valence-electron chi connectivity index (χ1n) is 43.9. The van der Waals surface area contributed by atoms with E-state index < -0.39 is 14.2 Å². The van der Waals surface area contributed by atoms with Crippen molar-refractivity contribution < 1.29 is 58.2 Å². The number of nitrogens with one attached hydrogen (secondary N) is 6. The van der Waals surface area contributed by atoms with E-state index in [9.17, 15) is 19.2 Å². The summed E-state index contributed by atoms with van der Waals surface area (Å²) in [7, 11) is -2.87. The molecular formula is C112H84B2Br3Cl3N6O12. The summed E-state index contributed by atoms with van der Waals surface area (Å²) < 4.78 is 25.9. The molecule has 2 aliphatic heterocycles. The first kappa shape index (κ1) is 96.0. The summed E-state index contributed by atoms with van der Waals surface area (Å²) >= 11 is 28.6. The van der Waals surface area contributed by atoms with Crippen LogP contribution in [0.15, 0.2) is 377 Å². The van der Waals surface area contributed by atoms with Crippen LogP contribution in [0.4, 0.5) is 0 Å². The highest BCUT2D eigenvalue weighted by atomic mass is 79.9. The Morgan fingerprint density at radius 2 is 0.601 bits per heavy atom. The van der Waals surface area contributed by atoms with Gasteiger partial charge in [-0.3, -0.25) is 19.2 Å². The molecule has 0 atom stereocenters. The summed E-state index contributed by atoms with van der Waals surface area (Å²) in [5.74, 6) is 0. The summed E-state index contributed by atoms with van der Waals surface area (Å²) in [6.07, 6.45) is 2.66. The molecule has 0 bridgehead atoms. The molecule has 0 unspecified atom stereocenters. The van der Waals surface area contributed by atoms with Crippen molar-refractivity contribution in [2.45, 2.75) is 12.6 Å². The van der Waals surface area contributed by atoms with E-state index in [-0.39, 0.29) is 12.6 Å². The van der Waals surface area contributed by atoms with Crippen LogP contribution in [0.2, 0.25) is 15.1 Å². The van der Waals surface area contributed by atoms with Gasteiger partial charge in [-0.05, 0) is 150 Å². The Morgan fingerprint density at radius 1 is 0.275 bits per heavy atom. The van der Waals surface area contributed by atoms with Crippen molar-refractivity contribution in [3.63, 3.8) is 0 Å². The van der Waals surface area contributed by atoms with Gasteiger partial charge in [0.25, 0.3) is 0 Å². The second kappa shape index (κ2) is 45.1. The fourth-order valence-corrected chi connectivity index (χ4v) is 19.5. The molecule has 682 valence electrons. The first-order chi connectivity index (χ1) is 67.5. The van der Waals surface area contributed by atoms with Crippen LogP contribution in [0.25, 0.3) is 154 Å². The highest BCUT2D eigenvalue weighted by Gasteiger charge is 2.32. The van der Waals surface area contributed by atoms with Crippen LogP contribution in [-0.2, 0) is 18.9 Å². The first-order valence-corrected chi connectivity index (χ1v) is 47.4. The van der Waals surface area contributed by atoms with Gasteiger partial charge < -0.3 is 68.9 Å². The number of aromatic amines is 6. The summed E-state index contributed by atoms with van der Waals surface area (Å²) in [5, 5.41) is 43.2. The number of aldehydes is 4. The number of carbonyl (C=O) groups is 4. The lowest BCUT2D eigenvalue weighted by atomic mass is 9.80. The normalized spacial score (nSPS) is 12.2. The van der Waals surface area contributed by atoms with E-state index in [0.717, 1.165) is 166 Å². The van der Waals surface area contributed by atoms with E-state index in [0.29, 0.717) is 74.6 Å². The zero-order valence-electron chi connectivity index (χ0n) is 73.4. The van der Waals surface area contributed by atoms with Gasteiger partial charge in [0.1, 0.15) is 0 Å². The number of ether oxygens (including phenoxy) is 4. The standard InChI is InChI=1S/C23H18ClNO2.C23H17NO2.C21H14ClNO.C15H10BrNO.C9H6BrNO.C9H7NO.C6H6BBrO2.C6H6BClO2/c24-19-11-5-3-8-16(19)15-7-1-2-9-17(15)21-18-10-4-6-12-20(18)25-22(21)23-26-13-14-27-23;1-2-7-15-14(6-1)16-8-3-4-9-18(16)21-20-17(15)10-5-11-19(20)24-22(21)23-25-12-13-26-23;22-18-11-5-3-8-15(18)14-7-1-2-9-16(14)21-17-10-4-6-12-19(17)23-20(21)13-24;16-12-7-3-1-5-10(12)15-11-6-2-4-8-13(11)17-14(15)9-18;10-9-6-3-1-2-4-7(6)11-8(9)5-12;11-6-8-5-7-3-1-2-4-9(7)10-8;2*8-6-4-2-1-3-5(6)7(9)10/h1-12,23,25H,13-14H2;1-11,23-24H,12-13H2;1-13,23H;1-9,17H;1-5,11H;1-6,10H;2*1-4,9-10H. The number of benzene rings is 15. The summed E-state index contributed by atoms with van der Waals surface area (Å²) in [6.45, 7) is 2.47. The third-order valence-corrected chi connectivity index (χ3v) is 26.7. The van der Waals surface area contributed by atoms with E-state index in [2.05, 4.69) is 187 Å². The van der Waals surface area contributed by atoms with E-state index in [4.69, 9.17) is 73.8 Å². The minimum Gasteiger partial charge on any atom is -0.423 e. The molecule has 0 amide bonds. The monoisotopic (exact) mass is 2070 g/mol. The van der Waals surface area contributed by atoms with Crippen LogP contribution < -0.4 is 10.9 Å². The Bertz CT molecular complexity index is 7880. The van der Waals surface area contributed by atoms with Gasteiger partial charge in [0.15, 0.2) is 37.7 Å². The molecule has 0 radical (unpaired) electrons. The molecule has 1 aliphatic carbocycles. The van der Waals surface area contributed by atoms with E-state index in [1.165, 1.54) is 38.8 Å². The summed E-state index contributed by atoms with van der Waals surface area (Å²) in [6, 6.07) is 119. The zero-order valence-corrected chi connectivity index (χ0v) is 80.4. The number of hydrogen-bond acceptors (Lipinski definition) is 12. The number of aromatic nitrogens is 6. The van der Waals surface area contributed by atoms with Gasteiger partial charge >= 0.3 is 14.2 Å². The van der Waals surface area contributed by atoms with Crippen molar-refractivity contribution >= 4 is 198 Å². The van der Waals surface area contributed by atoms with Crippen LogP contribution in [0.1, 0.15) is 65.9 Å². The second-order valence-electron chi connectivity index (χ2n) is 31.8. The molecule has 2 saturated heterocycles. The molecule has 21 aromatic rings. The van der Waals surface area contributed by atoms with Crippen molar-refractivity contribution in [1.82, 2.24) is 29.9 Å². The largest absolute Gasteiger partial charge is 0.489 e. The topological polar surface area (TPSA) is 281 Å². The van der Waals surface area contributed by atoms with E-state index in [1.54, 1.807) is 42.5 Å². The molecule has 0 spiro atoms. The molecule has 18 nitrogen and oxygen atoms in total. The third-order valence-electron chi connectivity index (χ3n) is 23.4. The fraction of sp³-hybridized carbons (Fsp3) is 0.0536. The van der Waals surface area contributed by atoms with Gasteiger partial charge in [-0.1, -0.05) is 358 Å². The molecule has 3 aliphatic rings. The maximum Gasteiger partial charge on any atom is 0.489 e. The van der Waals surface area contributed by atoms with Crippen molar-refractivity contribution in [2.75, 3.05) is 26.4 Å². The molecule has 138 heavy (non-hydrogen) atoms. The lowest BCUT2D eigenvalue weighted by molar-refractivity contribution is -0.0465. The summed E-state index contributed by atoms with van der Waals surface area (Å²) in [5.41, 5.74) is 28.9. The quantitative estimate of drug-likeness (QED) is 0.0381. The minimum absolute atomic E-state index is 0.334. The van der Waals surface area contributed by atoms with Gasteiger partial charge in [0.05, 0.1) is 65.1 Å². The number of para-hydroxylation sites is 5. The Hall–Kier alpha value is -13.7. The third kappa shape index (κ3) is 21.1. The zero-order chi connectivity index (χ0) is 95.7. The number of rotatable bonds is 13. The highest BCUT2D eigenvalue weighted by Crippen LogP contribution is 2.52. The van der Waals surface area contributed by atoms with Gasteiger partial charge in [-0.2, -0.15) is 0 Å². The van der Waals surface area contributed by atoms with Crippen LogP contribution in [-0.4, -0.2) is 116 Å². The van der Waals surface area contributed by atoms with Crippen molar-refractivity contribution in [3.8, 4) is 89.0 Å². The van der Waals surface area contributed by atoms with Crippen LogP contribution in [0.5, 0.6) is 0 Å². The van der Waals surface area contributed by atoms with Crippen LogP contribution in [0, 0.1) is 0 Å². The van der Waals surface area contributed by atoms with Gasteiger partial charge in [0.2, 0.25) is 0 Å². The number of H-pyrrole nitrogens is 6. The summed E-state index contributed by atoms with van der Waals surface area (Å²) in [4.78, 5) is 63.2. The number of halogens is 6. The lowest BCUT2D eigenvalue weighted by Gasteiger charge is -2.15. The van der Waals surface area contributed by atoms with E-state index >= 15 is 0 Å². The second-order valence-corrected chi connectivity index (χ2v) is 35.5. The number of carbonyl (C=O) groups excluding carboxylic acids is 4. The molecule has 15 aromatic carbocycles. The predicted octanol–water partition coefficient (Wildman–Crippen LogP) is 27.0. The van der Waals surface area contributed by atoms with Crippen LogP contribution in [0.3, 0.4) is 0 Å². The minimum atomic E-state index is -1.48. The maximum absolute atomic E-state index is 11.6. The molecule has 6 aromatic heterocycles. The molecule has 8 heterocycles. The molecular weight excluding hydrogens is 1990 g/mol. The molecule has 10 N–H and O–H groups in total. The Balaban J connectivity index is 0.000000112. The Labute approximate surface area is 834 Å². The van der Waals surface area contributed by atoms with Crippen molar-refractivity contribution in [1.29, 1.82) is 0 Å². The predicted molar refractivity (Wildman–Crippen MR) is 568 cm³/mol. The SMILES string of the molecule is Clc1ccccc1-c1ccccc1-c1c(C2OCCO2)[nH]c2ccccc12.O=Cc1[nH]c2ccccc2c1-c1ccccc1-c1ccccc1Cl.O=Cc1[nH]c2ccccc2c1-c1ccccc1Br.O=Cc1[nH]c2ccccc2c1Br.O=Cc1cc2ccccc2[nH]1.OB(O)c1ccccc1Br.OB(O)c1ccccc1Cl.c1ccc2c(c1)-c1ccccc1-c1c(C3OCCO3)[nH]c3cccc-2c13.